The minimum atomic E-state index is -1.19. The summed E-state index contributed by atoms with van der Waals surface area (Å²) in [6.07, 6.45) is 8.60. The zero-order valence-electron chi connectivity index (χ0n) is 19.7. The van der Waals surface area contributed by atoms with E-state index < -0.39 is 16.9 Å². The predicted molar refractivity (Wildman–Crippen MR) is 123 cm³/mol. The van der Waals surface area contributed by atoms with Crippen molar-refractivity contribution >= 4 is 17.3 Å². The van der Waals surface area contributed by atoms with Crippen molar-refractivity contribution < 1.29 is 18.1 Å². The first-order chi connectivity index (χ1) is 16.8. The monoisotopic (exact) mass is 478 g/mol. The van der Waals surface area contributed by atoms with Gasteiger partial charge < -0.3 is 9.42 Å². The average Bonchev–Trinajstić information content (AvgIpc) is 3.56. The fourth-order valence-electron chi connectivity index (χ4n) is 7.35. The summed E-state index contributed by atoms with van der Waals surface area (Å²) < 4.78 is 34.4. The zero-order valence-corrected chi connectivity index (χ0v) is 19.7. The van der Waals surface area contributed by atoms with Crippen molar-refractivity contribution in [2.75, 3.05) is 11.4 Å². The number of aromatic nitrogens is 2. The summed E-state index contributed by atoms with van der Waals surface area (Å²) in [7, 11) is 0. The van der Waals surface area contributed by atoms with Crippen molar-refractivity contribution in [2.24, 2.45) is 10.8 Å². The van der Waals surface area contributed by atoms with Crippen LogP contribution in [0.15, 0.2) is 22.7 Å². The van der Waals surface area contributed by atoms with Gasteiger partial charge in [0.25, 0.3) is 0 Å². The van der Waals surface area contributed by atoms with Gasteiger partial charge in [0, 0.05) is 23.6 Å². The molecule has 6 nitrogen and oxygen atoms in total. The molecule has 0 unspecified atom stereocenters. The molecule has 7 aliphatic rings. The van der Waals surface area contributed by atoms with E-state index >= 15 is 0 Å². The molecule has 1 amide bonds. The molecule has 2 aromatic rings. The van der Waals surface area contributed by atoms with Crippen molar-refractivity contribution in [3.8, 4) is 0 Å². The first kappa shape index (κ1) is 21.5. The standard InChI is InChI=1S/C27H28F2N4O2/c1-30-19-10-18(28)11-20(12-19)33(23(34)26-13-27(29,14-26)15-26)16-24-4-7-25(8-5-24,9-6-24)22-31-21(32-35-22)17-2-3-17/h10-12,17H,2-9,13-16H2. The molecule has 0 aliphatic heterocycles. The minimum Gasteiger partial charge on any atom is -0.339 e. The number of fused-ring (bicyclic) bond motifs is 3. The Kier molecular flexibility index (Phi) is 4.23. The molecule has 182 valence electrons. The Balaban J connectivity index is 1.15. The molecule has 4 bridgehead atoms. The number of carbonyl (C=O) groups is 1. The highest BCUT2D eigenvalue weighted by molar-refractivity contribution is 6.00. The lowest BCUT2D eigenvalue weighted by atomic mass is 9.41. The largest absolute Gasteiger partial charge is 0.339 e. The molecular weight excluding hydrogens is 450 g/mol. The van der Waals surface area contributed by atoms with Gasteiger partial charge in [0.1, 0.15) is 11.5 Å². The minimum absolute atomic E-state index is 0.0820. The Morgan fingerprint density at radius 2 is 1.80 bits per heavy atom. The maximum absolute atomic E-state index is 14.4. The lowest BCUT2D eigenvalue weighted by Crippen LogP contribution is -2.71. The molecule has 0 spiro atoms. The molecule has 1 aromatic carbocycles. The van der Waals surface area contributed by atoms with Gasteiger partial charge >= 0.3 is 0 Å². The van der Waals surface area contributed by atoms with Gasteiger partial charge in [-0.3, -0.25) is 4.79 Å². The first-order valence-corrected chi connectivity index (χ1v) is 12.8. The molecule has 7 aliphatic carbocycles. The van der Waals surface area contributed by atoms with Gasteiger partial charge in [-0.25, -0.2) is 13.6 Å². The normalized spacial score (nSPS) is 36.7. The van der Waals surface area contributed by atoms with Gasteiger partial charge in [-0.15, -0.1) is 0 Å². The van der Waals surface area contributed by atoms with E-state index in [2.05, 4.69) is 10.0 Å². The Bertz CT molecular complexity index is 1230. The SMILES string of the molecule is [C-]#[N+]c1cc(F)cc(N(CC23CCC(c4nc(C5CC5)no4)(CC2)CC3)C(=O)C23CC(F)(C2)C3)c1. The quantitative estimate of drug-likeness (QED) is 0.467. The lowest BCUT2D eigenvalue weighted by molar-refractivity contribution is -0.211. The summed E-state index contributed by atoms with van der Waals surface area (Å²) in [5.74, 6) is 1.44. The highest BCUT2D eigenvalue weighted by atomic mass is 19.1. The summed E-state index contributed by atoms with van der Waals surface area (Å²) in [6.45, 7) is 7.82. The second kappa shape index (κ2) is 6.89. The van der Waals surface area contributed by atoms with Gasteiger partial charge in [0.15, 0.2) is 11.5 Å². The molecule has 7 saturated carbocycles. The van der Waals surface area contributed by atoms with E-state index in [-0.39, 0.29) is 41.7 Å². The number of benzene rings is 1. The van der Waals surface area contributed by atoms with Crippen LogP contribution in [0.3, 0.4) is 0 Å². The summed E-state index contributed by atoms with van der Waals surface area (Å²) in [4.78, 5) is 23.6. The molecule has 0 atom stereocenters. The molecule has 0 N–H and O–H groups in total. The number of carbonyl (C=O) groups excluding carboxylic acids is 1. The molecule has 9 rings (SSSR count). The Morgan fingerprint density at radius 1 is 1.11 bits per heavy atom. The zero-order chi connectivity index (χ0) is 24.1. The second-order valence-corrected chi connectivity index (χ2v) is 12.1. The highest BCUT2D eigenvalue weighted by Crippen LogP contribution is 2.70. The maximum Gasteiger partial charge on any atom is 0.233 e. The van der Waals surface area contributed by atoms with Crippen LogP contribution in [-0.4, -0.2) is 28.3 Å². The average molecular weight is 479 g/mol. The van der Waals surface area contributed by atoms with Crippen LogP contribution < -0.4 is 4.90 Å². The molecule has 0 saturated heterocycles. The van der Waals surface area contributed by atoms with Gasteiger partial charge in [0.05, 0.1) is 12.0 Å². The van der Waals surface area contributed by atoms with Gasteiger partial charge in [-0.1, -0.05) is 5.16 Å². The van der Waals surface area contributed by atoms with Crippen LogP contribution >= 0.6 is 0 Å². The first-order valence-electron chi connectivity index (χ1n) is 12.8. The fraction of sp³-hybridized carbons (Fsp3) is 0.630. The second-order valence-electron chi connectivity index (χ2n) is 12.1. The van der Waals surface area contributed by atoms with Crippen molar-refractivity contribution in [2.45, 2.75) is 87.6 Å². The number of hydrogen-bond donors (Lipinski definition) is 0. The Hall–Kier alpha value is -2.82. The molecule has 35 heavy (non-hydrogen) atoms. The number of nitrogens with zero attached hydrogens (tertiary/aromatic N) is 4. The molecular formula is C27H28F2N4O2. The van der Waals surface area contributed by atoms with Crippen molar-refractivity contribution in [1.82, 2.24) is 10.1 Å². The predicted octanol–water partition coefficient (Wildman–Crippen LogP) is 6.15. The fourth-order valence-corrected chi connectivity index (χ4v) is 7.35. The van der Waals surface area contributed by atoms with Crippen molar-refractivity contribution in [3.05, 3.63) is 47.1 Å². The smallest absolute Gasteiger partial charge is 0.233 e. The third-order valence-corrected chi connectivity index (χ3v) is 9.71. The van der Waals surface area contributed by atoms with Crippen LogP contribution in [0, 0.1) is 23.2 Å². The van der Waals surface area contributed by atoms with Crippen LogP contribution in [0.4, 0.5) is 20.2 Å². The Morgan fingerprint density at radius 3 is 2.40 bits per heavy atom. The maximum atomic E-state index is 14.4. The van der Waals surface area contributed by atoms with Crippen LogP contribution in [0.2, 0.25) is 0 Å². The van der Waals surface area contributed by atoms with Crippen LogP contribution in [0.1, 0.15) is 88.3 Å². The lowest BCUT2D eigenvalue weighted by Gasteiger charge is -2.65. The van der Waals surface area contributed by atoms with Crippen LogP contribution in [-0.2, 0) is 10.2 Å². The summed E-state index contributed by atoms with van der Waals surface area (Å²) in [6, 6.07) is 4.12. The van der Waals surface area contributed by atoms with Gasteiger partial charge in [-0.2, -0.15) is 4.98 Å². The van der Waals surface area contributed by atoms with E-state index in [1.54, 1.807) is 11.0 Å². The van der Waals surface area contributed by atoms with E-state index in [4.69, 9.17) is 16.1 Å². The number of rotatable bonds is 6. The summed E-state index contributed by atoms with van der Waals surface area (Å²) in [5.41, 5.74) is -1.43. The number of amides is 1. The van der Waals surface area contributed by atoms with Crippen molar-refractivity contribution in [1.29, 1.82) is 0 Å². The highest BCUT2D eigenvalue weighted by Gasteiger charge is 2.73. The van der Waals surface area contributed by atoms with Crippen molar-refractivity contribution in [3.63, 3.8) is 0 Å². The van der Waals surface area contributed by atoms with E-state index in [1.165, 1.54) is 12.1 Å². The Labute approximate surface area is 202 Å². The summed E-state index contributed by atoms with van der Waals surface area (Å²) in [5, 5.41) is 4.24. The molecule has 8 heteroatoms. The number of halogens is 2. The van der Waals surface area contributed by atoms with Crippen LogP contribution in [0.5, 0.6) is 0 Å². The summed E-state index contributed by atoms with van der Waals surface area (Å²) >= 11 is 0. The molecule has 1 heterocycles. The molecule has 7 fully saturated rings. The third kappa shape index (κ3) is 3.19. The van der Waals surface area contributed by atoms with Crippen LogP contribution in [0.25, 0.3) is 4.85 Å². The number of hydrogen-bond acceptors (Lipinski definition) is 4. The van der Waals surface area contributed by atoms with E-state index in [0.717, 1.165) is 63.1 Å². The van der Waals surface area contributed by atoms with E-state index in [9.17, 15) is 13.6 Å². The molecule has 0 radical (unpaired) electrons. The number of alkyl halides is 1. The third-order valence-electron chi connectivity index (χ3n) is 9.71. The van der Waals surface area contributed by atoms with Gasteiger partial charge in [0.2, 0.25) is 11.8 Å². The number of anilines is 1. The topological polar surface area (TPSA) is 63.6 Å². The van der Waals surface area contributed by atoms with E-state index in [1.807, 2.05) is 0 Å². The van der Waals surface area contributed by atoms with E-state index in [0.29, 0.717) is 18.2 Å². The van der Waals surface area contributed by atoms with Gasteiger partial charge in [-0.05, 0) is 94.2 Å². The molecule has 1 aromatic heterocycles.